The molecule has 0 saturated carbocycles. The minimum Gasteiger partial charge on any atom is -0.497 e. The highest BCUT2D eigenvalue weighted by Crippen LogP contribution is 2.32. The number of benzene rings is 3. The molecule has 0 saturated heterocycles. The summed E-state index contributed by atoms with van der Waals surface area (Å²) < 4.78 is 43.7. The van der Waals surface area contributed by atoms with Crippen molar-refractivity contribution >= 4 is 21.6 Å². The quantitative estimate of drug-likeness (QED) is 0.449. The Bertz CT molecular complexity index is 1200. The third kappa shape index (κ3) is 5.99. The topological polar surface area (TPSA) is 94.2 Å². The molecule has 0 aromatic heterocycles. The molecule has 0 heterocycles. The van der Waals surface area contributed by atoms with Gasteiger partial charge in [0.1, 0.15) is 12.3 Å². The van der Waals surface area contributed by atoms with Crippen LogP contribution in [0.4, 0.5) is 5.69 Å². The van der Waals surface area contributed by atoms with E-state index in [1.54, 1.807) is 37.4 Å². The van der Waals surface area contributed by atoms with E-state index < -0.39 is 15.9 Å². The molecule has 3 aromatic carbocycles. The highest BCUT2D eigenvalue weighted by atomic mass is 32.2. The molecule has 9 heteroatoms. The molecule has 1 amide bonds. The van der Waals surface area contributed by atoms with Gasteiger partial charge in [-0.2, -0.15) is 0 Å². The van der Waals surface area contributed by atoms with Crippen molar-refractivity contribution in [3.05, 3.63) is 78.4 Å². The van der Waals surface area contributed by atoms with Gasteiger partial charge in [-0.25, -0.2) is 8.42 Å². The molecule has 0 aliphatic heterocycles. The van der Waals surface area contributed by atoms with Crippen LogP contribution in [0.5, 0.6) is 17.2 Å². The molecule has 0 aliphatic carbocycles. The van der Waals surface area contributed by atoms with Crippen LogP contribution in [0.1, 0.15) is 5.56 Å². The summed E-state index contributed by atoms with van der Waals surface area (Å²) in [4.78, 5) is 12.7. The molecule has 0 radical (unpaired) electrons. The molecule has 180 valence electrons. The maximum Gasteiger partial charge on any atom is 0.264 e. The lowest BCUT2D eigenvalue weighted by Crippen LogP contribution is -2.41. The van der Waals surface area contributed by atoms with Crippen LogP contribution in [0.25, 0.3) is 0 Å². The Kier molecular flexibility index (Phi) is 8.37. The number of anilines is 1. The number of methoxy groups -OCH3 is 3. The van der Waals surface area contributed by atoms with Crippen molar-refractivity contribution in [1.29, 1.82) is 0 Å². The Morgan fingerprint density at radius 2 is 1.53 bits per heavy atom. The predicted octanol–water partition coefficient (Wildman–Crippen LogP) is 3.27. The van der Waals surface area contributed by atoms with Crippen molar-refractivity contribution in [2.75, 3.05) is 38.7 Å². The number of ether oxygens (including phenoxy) is 3. The van der Waals surface area contributed by atoms with Gasteiger partial charge in [0.2, 0.25) is 5.91 Å². The molecule has 0 aliphatic rings. The third-order valence-electron chi connectivity index (χ3n) is 5.17. The lowest BCUT2D eigenvalue weighted by molar-refractivity contribution is -0.119. The number of carbonyl (C=O) groups is 1. The number of para-hydroxylation sites is 1. The summed E-state index contributed by atoms with van der Waals surface area (Å²) in [5.41, 5.74) is 1.40. The number of nitrogens with zero attached hydrogens (tertiary/aromatic N) is 1. The zero-order valence-corrected chi connectivity index (χ0v) is 20.2. The van der Waals surface area contributed by atoms with Gasteiger partial charge in [-0.3, -0.25) is 9.10 Å². The van der Waals surface area contributed by atoms with Crippen LogP contribution in [0, 0.1) is 0 Å². The first kappa shape index (κ1) is 24.9. The van der Waals surface area contributed by atoms with E-state index >= 15 is 0 Å². The van der Waals surface area contributed by atoms with Gasteiger partial charge in [0.25, 0.3) is 10.0 Å². The number of carbonyl (C=O) groups excluding carboxylic acids is 1. The Labute approximate surface area is 200 Å². The second kappa shape index (κ2) is 11.4. The van der Waals surface area contributed by atoms with Gasteiger partial charge in [-0.05, 0) is 48.4 Å². The van der Waals surface area contributed by atoms with E-state index in [0.717, 1.165) is 15.6 Å². The van der Waals surface area contributed by atoms with E-state index in [1.165, 1.54) is 32.4 Å². The number of nitrogens with one attached hydrogen (secondary N) is 1. The molecule has 8 nitrogen and oxygen atoms in total. The number of hydrogen-bond donors (Lipinski definition) is 1. The predicted molar refractivity (Wildman–Crippen MR) is 130 cm³/mol. The van der Waals surface area contributed by atoms with Gasteiger partial charge in [0.05, 0.1) is 31.9 Å². The SMILES string of the molecule is COc1ccc(CCNC(=O)CN(c2ccccc2)S(=O)(=O)c2ccc(OC)c(OC)c2)cc1. The Morgan fingerprint density at radius 3 is 2.15 bits per heavy atom. The molecule has 34 heavy (non-hydrogen) atoms. The smallest absolute Gasteiger partial charge is 0.264 e. The lowest BCUT2D eigenvalue weighted by atomic mass is 10.1. The summed E-state index contributed by atoms with van der Waals surface area (Å²) in [6.45, 7) is -0.00645. The second-order valence-electron chi connectivity index (χ2n) is 7.31. The van der Waals surface area contributed by atoms with E-state index in [4.69, 9.17) is 14.2 Å². The molecular formula is C25H28N2O6S. The molecule has 3 aromatic rings. The standard InChI is InChI=1S/C25H28N2O6S/c1-31-21-11-9-19(10-12-21)15-16-26-25(28)18-27(20-7-5-4-6-8-20)34(29,30)22-13-14-23(32-2)24(17-22)33-3/h4-14,17H,15-16,18H2,1-3H3,(H,26,28). The summed E-state index contributed by atoms with van der Waals surface area (Å²) in [6, 6.07) is 20.4. The average Bonchev–Trinajstić information content (AvgIpc) is 2.87. The van der Waals surface area contributed by atoms with Gasteiger partial charge in [-0.15, -0.1) is 0 Å². The molecule has 1 N–H and O–H groups in total. The number of rotatable bonds is 11. The fourth-order valence-electron chi connectivity index (χ4n) is 3.34. The van der Waals surface area contributed by atoms with Crippen molar-refractivity contribution in [2.45, 2.75) is 11.3 Å². The summed E-state index contributed by atoms with van der Waals surface area (Å²) in [7, 11) is 0.433. The van der Waals surface area contributed by atoms with Crippen molar-refractivity contribution in [3.8, 4) is 17.2 Å². The monoisotopic (exact) mass is 484 g/mol. The van der Waals surface area contributed by atoms with Crippen molar-refractivity contribution in [2.24, 2.45) is 0 Å². The van der Waals surface area contributed by atoms with Crippen LogP contribution in [-0.4, -0.2) is 48.7 Å². The van der Waals surface area contributed by atoms with Gasteiger partial charge < -0.3 is 19.5 Å². The minimum atomic E-state index is -4.07. The van der Waals surface area contributed by atoms with Gasteiger partial charge in [-0.1, -0.05) is 30.3 Å². The normalized spacial score (nSPS) is 10.9. The fourth-order valence-corrected chi connectivity index (χ4v) is 4.78. The van der Waals surface area contributed by atoms with Crippen LogP contribution in [0.15, 0.2) is 77.7 Å². The van der Waals surface area contributed by atoms with Crippen LogP contribution in [-0.2, 0) is 21.2 Å². The van der Waals surface area contributed by atoms with Crippen LogP contribution in [0.2, 0.25) is 0 Å². The molecule has 0 spiro atoms. The van der Waals surface area contributed by atoms with E-state index in [-0.39, 0.29) is 17.2 Å². The van der Waals surface area contributed by atoms with E-state index in [2.05, 4.69) is 5.32 Å². The van der Waals surface area contributed by atoms with E-state index in [9.17, 15) is 13.2 Å². The largest absolute Gasteiger partial charge is 0.497 e. The summed E-state index contributed by atoms with van der Waals surface area (Å²) in [5.74, 6) is 1.03. The zero-order valence-electron chi connectivity index (χ0n) is 19.4. The minimum absolute atomic E-state index is 0.0139. The van der Waals surface area contributed by atoms with Gasteiger partial charge in [0, 0.05) is 12.6 Å². The lowest BCUT2D eigenvalue weighted by Gasteiger charge is -2.24. The molecule has 0 atom stereocenters. The Balaban J connectivity index is 1.77. The van der Waals surface area contributed by atoms with E-state index in [0.29, 0.717) is 24.4 Å². The number of hydrogen-bond acceptors (Lipinski definition) is 6. The summed E-state index contributed by atoms with van der Waals surface area (Å²) in [6.07, 6.45) is 0.601. The molecular weight excluding hydrogens is 456 g/mol. The zero-order chi connectivity index (χ0) is 24.6. The van der Waals surface area contributed by atoms with Crippen LogP contribution in [0.3, 0.4) is 0 Å². The number of amides is 1. The molecule has 0 unspecified atom stereocenters. The van der Waals surface area contributed by atoms with Crippen molar-refractivity contribution in [1.82, 2.24) is 5.32 Å². The highest BCUT2D eigenvalue weighted by molar-refractivity contribution is 7.92. The first-order valence-corrected chi connectivity index (χ1v) is 12.0. The van der Waals surface area contributed by atoms with Gasteiger partial charge >= 0.3 is 0 Å². The Hall–Kier alpha value is -3.72. The van der Waals surface area contributed by atoms with Crippen LogP contribution < -0.4 is 23.8 Å². The molecule has 0 fully saturated rings. The third-order valence-corrected chi connectivity index (χ3v) is 6.94. The maximum atomic E-state index is 13.5. The molecule has 0 bridgehead atoms. The summed E-state index contributed by atoms with van der Waals surface area (Å²) in [5, 5.41) is 2.80. The average molecular weight is 485 g/mol. The fraction of sp³-hybridized carbons (Fsp3) is 0.240. The highest BCUT2D eigenvalue weighted by Gasteiger charge is 2.28. The molecule has 3 rings (SSSR count). The van der Waals surface area contributed by atoms with E-state index in [1.807, 2.05) is 24.3 Å². The maximum absolute atomic E-state index is 13.5. The first-order chi connectivity index (χ1) is 16.4. The Morgan fingerprint density at radius 1 is 0.853 bits per heavy atom. The van der Waals surface area contributed by atoms with Crippen LogP contribution >= 0.6 is 0 Å². The van der Waals surface area contributed by atoms with Crippen molar-refractivity contribution < 1.29 is 27.4 Å². The number of sulfonamides is 1. The second-order valence-corrected chi connectivity index (χ2v) is 9.17. The van der Waals surface area contributed by atoms with Crippen molar-refractivity contribution in [3.63, 3.8) is 0 Å². The summed E-state index contributed by atoms with van der Waals surface area (Å²) >= 11 is 0. The van der Waals surface area contributed by atoms with Gasteiger partial charge in [0.15, 0.2) is 11.5 Å². The first-order valence-electron chi connectivity index (χ1n) is 10.6.